The maximum absolute atomic E-state index is 12.6. The Balaban J connectivity index is 1.50. The number of carbonyl (C=O) groups is 1. The second kappa shape index (κ2) is 6.69. The third-order valence-electron chi connectivity index (χ3n) is 5.06. The Morgan fingerprint density at radius 2 is 1.81 bits per heavy atom. The molecule has 1 amide bonds. The van der Waals surface area contributed by atoms with Crippen molar-refractivity contribution in [2.45, 2.75) is 33.5 Å². The van der Waals surface area contributed by atoms with E-state index in [1.807, 2.05) is 11.0 Å². The van der Waals surface area contributed by atoms with E-state index >= 15 is 0 Å². The molecule has 2 aromatic carbocycles. The topological polar surface area (TPSA) is 74.8 Å². The van der Waals surface area contributed by atoms with Crippen molar-refractivity contribution >= 4 is 5.91 Å². The van der Waals surface area contributed by atoms with E-state index in [0.717, 1.165) is 0 Å². The molecule has 4 rings (SSSR count). The largest absolute Gasteiger partial charge is 0.332 e. The van der Waals surface area contributed by atoms with Crippen molar-refractivity contribution in [2.24, 2.45) is 0 Å². The molecule has 1 aromatic heterocycles. The molecule has 0 atom stereocenters. The zero-order valence-electron chi connectivity index (χ0n) is 15.3. The van der Waals surface area contributed by atoms with Crippen molar-refractivity contribution in [3.8, 4) is 17.2 Å². The van der Waals surface area contributed by atoms with E-state index in [2.05, 4.69) is 60.3 Å². The summed E-state index contributed by atoms with van der Waals surface area (Å²) in [5.74, 6) is 0.0406. The van der Waals surface area contributed by atoms with Gasteiger partial charge in [0.2, 0.25) is 5.91 Å². The molecule has 27 heavy (non-hydrogen) atoms. The number of aryl methyl sites for hydroxylation is 2. The van der Waals surface area contributed by atoms with Gasteiger partial charge in [-0.3, -0.25) is 4.79 Å². The third-order valence-corrected chi connectivity index (χ3v) is 5.06. The average Bonchev–Trinajstić information content (AvgIpc) is 3.29. The zero-order chi connectivity index (χ0) is 19.0. The minimum Gasteiger partial charge on any atom is -0.332 e. The van der Waals surface area contributed by atoms with E-state index in [1.165, 1.54) is 44.4 Å². The first-order valence-corrected chi connectivity index (χ1v) is 8.80. The molecule has 0 aliphatic carbocycles. The number of benzene rings is 2. The maximum Gasteiger partial charge on any atom is 0.252 e. The predicted octanol–water partition coefficient (Wildman–Crippen LogP) is 2.98. The smallest absolute Gasteiger partial charge is 0.252 e. The number of nitrogens with zero attached hydrogens (tertiary/aromatic N) is 5. The van der Waals surface area contributed by atoms with E-state index in [1.54, 1.807) is 0 Å². The number of amides is 1. The highest BCUT2D eigenvalue weighted by atomic mass is 16.2. The Bertz CT molecular complexity index is 1080. The molecule has 1 aliphatic heterocycles. The molecule has 0 unspecified atom stereocenters. The van der Waals surface area contributed by atoms with E-state index in [9.17, 15) is 4.79 Å². The standard InChI is InChI=1S/C21H19N5O/c1-14-3-4-16(7-15(14)2)17-5-6-18-10-25(11-19(18)8-17)21(27)12-26-13-23-20(9-22)24-26/h3-8,13H,10-12H2,1-2H3. The fourth-order valence-electron chi connectivity index (χ4n) is 3.33. The highest BCUT2D eigenvalue weighted by Gasteiger charge is 2.24. The van der Waals surface area contributed by atoms with Crippen LogP contribution in [-0.2, 0) is 24.4 Å². The van der Waals surface area contributed by atoms with Gasteiger partial charge in [0.1, 0.15) is 18.9 Å². The molecule has 0 spiro atoms. The summed E-state index contributed by atoms with van der Waals surface area (Å²) in [6, 6.07) is 14.7. The van der Waals surface area contributed by atoms with Gasteiger partial charge in [0.25, 0.3) is 5.82 Å². The molecule has 3 aromatic rings. The van der Waals surface area contributed by atoms with Crippen LogP contribution in [0.25, 0.3) is 11.1 Å². The van der Waals surface area contributed by atoms with Crippen LogP contribution >= 0.6 is 0 Å². The average molecular weight is 357 g/mol. The van der Waals surface area contributed by atoms with Crippen LogP contribution in [0, 0.1) is 25.2 Å². The highest BCUT2D eigenvalue weighted by Crippen LogP contribution is 2.29. The number of hydrogen-bond donors (Lipinski definition) is 0. The van der Waals surface area contributed by atoms with Crippen molar-refractivity contribution in [3.05, 3.63) is 70.8 Å². The van der Waals surface area contributed by atoms with Gasteiger partial charge >= 0.3 is 0 Å². The van der Waals surface area contributed by atoms with E-state index < -0.39 is 0 Å². The fourth-order valence-corrected chi connectivity index (χ4v) is 3.33. The quantitative estimate of drug-likeness (QED) is 0.722. The highest BCUT2D eigenvalue weighted by molar-refractivity contribution is 5.77. The number of aromatic nitrogens is 3. The predicted molar refractivity (Wildman–Crippen MR) is 100 cm³/mol. The molecule has 0 radical (unpaired) electrons. The maximum atomic E-state index is 12.6. The molecule has 0 fully saturated rings. The van der Waals surface area contributed by atoms with Crippen LogP contribution in [0.4, 0.5) is 0 Å². The van der Waals surface area contributed by atoms with Crippen LogP contribution in [0.2, 0.25) is 0 Å². The monoisotopic (exact) mass is 357 g/mol. The lowest BCUT2D eigenvalue weighted by atomic mass is 9.98. The second-order valence-electron chi connectivity index (χ2n) is 6.91. The zero-order valence-corrected chi connectivity index (χ0v) is 15.3. The molecule has 6 heteroatoms. The van der Waals surface area contributed by atoms with Gasteiger partial charge in [0.05, 0.1) is 0 Å². The summed E-state index contributed by atoms with van der Waals surface area (Å²) >= 11 is 0. The molecule has 0 N–H and O–H groups in total. The van der Waals surface area contributed by atoms with Crippen molar-refractivity contribution in [1.29, 1.82) is 5.26 Å². The van der Waals surface area contributed by atoms with Crippen LogP contribution in [0.15, 0.2) is 42.7 Å². The van der Waals surface area contributed by atoms with Gasteiger partial charge in [-0.2, -0.15) is 5.26 Å². The van der Waals surface area contributed by atoms with Gasteiger partial charge < -0.3 is 4.90 Å². The van der Waals surface area contributed by atoms with Gasteiger partial charge in [0, 0.05) is 13.1 Å². The van der Waals surface area contributed by atoms with Crippen molar-refractivity contribution in [3.63, 3.8) is 0 Å². The van der Waals surface area contributed by atoms with Crippen molar-refractivity contribution < 1.29 is 4.79 Å². The normalized spacial score (nSPS) is 12.7. The van der Waals surface area contributed by atoms with Gasteiger partial charge in [-0.05, 0) is 53.3 Å². The third kappa shape index (κ3) is 3.32. The number of carbonyl (C=O) groups excluding carboxylic acids is 1. The molecule has 134 valence electrons. The van der Waals surface area contributed by atoms with E-state index in [-0.39, 0.29) is 18.3 Å². The number of hydrogen-bond acceptors (Lipinski definition) is 4. The molecule has 0 saturated carbocycles. The summed E-state index contributed by atoms with van der Waals surface area (Å²) in [6.45, 7) is 5.51. The Labute approximate surface area is 157 Å². The number of nitriles is 1. The van der Waals surface area contributed by atoms with E-state index in [4.69, 9.17) is 5.26 Å². The minimum absolute atomic E-state index is 0.0340. The molecule has 0 bridgehead atoms. The Kier molecular flexibility index (Phi) is 4.21. The molecular weight excluding hydrogens is 338 g/mol. The van der Waals surface area contributed by atoms with Crippen LogP contribution in [0.1, 0.15) is 28.1 Å². The molecule has 0 saturated heterocycles. The minimum atomic E-state index is -0.0340. The Hall–Kier alpha value is -3.46. The SMILES string of the molecule is Cc1ccc(-c2ccc3c(c2)CN(C(=O)Cn2cnc(C#N)n2)C3)cc1C. The summed E-state index contributed by atoms with van der Waals surface area (Å²) in [7, 11) is 0. The number of fused-ring (bicyclic) bond motifs is 1. The van der Waals surface area contributed by atoms with Crippen LogP contribution < -0.4 is 0 Å². The lowest BCUT2D eigenvalue weighted by Gasteiger charge is -2.14. The summed E-state index contributed by atoms with van der Waals surface area (Å²) in [5.41, 5.74) is 7.26. The lowest BCUT2D eigenvalue weighted by Crippen LogP contribution is -2.29. The number of rotatable bonds is 3. The van der Waals surface area contributed by atoms with Crippen LogP contribution in [-0.4, -0.2) is 25.6 Å². The summed E-state index contributed by atoms with van der Waals surface area (Å²) in [4.78, 5) is 18.2. The summed E-state index contributed by atoms with van der Waals surface area (Å²) in [5, 5.41) is 12.7. The van der Waals surface area contributed by atoms with Gasteiger partial charge in [0.15, 0.2) is 0 Å². The fraction of sp³-hybridized carbons (Fsp3) is 0.238. The Morgan fingerprint density at radius 3 is 2.56 bits per heavy atom. The Morgan fingerprint density at radius 1 is 1.07 bits per heavy atom. The first-order valence-electron chi connectivity index (χ1n) is 8.80. The van der Waals surface area contributed by atoms with Crippen molar-refractivity contribution in [1.82, 2.24) is 19.7 Å². The van der Waals surface area contributed by atoms with Gasteiger partial charge in [-0.15, -0.1) is 5.10 Å². The van der Waals surface area contributed by atoms with Crippen LogP contribution in [0.5, 0.6) is 0 Å². The second-order valence-corrected chi connectivity index (χ2v) is 6.91. The summed E-state index contributed by atoms with van der Waals surface area (Å²) in [6.07, 6.45) is 1.41. The molecule has 1 aliphatic rings. The van der Waals surface area contributed by atoms with Crippen LogP contribution in [0.3, 0.4) is 0 Å². The summed E-state index contributed by atoms with van der Waals surface area (Å²) < 4.78 is 1.41. The molecule has 2 heterocycles. The molecule has 6 nitrogen and oxygen atoms in total. The van der Waals surface area contributed by atoms with Gasteiger partial charge in [-0.25, -0.2) is 9.67 Å². The van der Waals surface area contributed by atoms with Crippen molar-refractivity contribution in [2.75, 3.05) is 0 Å². The molecular formula is C21H19N5O. The van der Waals surface area contributed by atoms with Gasteiger partial charge in [-0.1, -0.05) is 30.3 Å². The first-order chi connectivity index (χ1) is 13.0. The first kappa shape index (κ1) is 17.0. The van der Waals surface area contributed by atoms with E-state index in [0.29, 0.717) is 13.1 Å². The lowest BCUT2D eigenvalue weighted by molar-refractivity contribution is -0.132.